The van der Waals surface area contributed by atoms with Gasteiger partial charge >= 0.3 is 59.1 Å². The van der Waals surface area contributed by atoms with Gasteiger partial charge in [-0.05, 0) is 19.4 Å². The summed E-state index contributed by atoms with van der Waals surface area (Å²) in [4.78, 5) is 0. The van der Waals surface area contributed by atoms with Gasteiger partial charge in [0, 0.05) is 12.2 Å². The molecule has 0 aliphatic rings. The Morgan fingerprint density at radius 2 is 1.57 bits per heavy atom. The van der Waals surface area contributed by atoms with Gasteiger partial charge < -0.3 is 9.84 Å². The molecule has 0 fully saturated rings. The predicted molar refractivity (Wildman–Crippen MR) is 94.8 cm³/mol. The van der Waals surface area contributed by atoms with Crippen LogP contribution in [-0.2, 0) is 4.74 Å². The first kappa shape index (κ1) is 24.2. The molecule has 0 radical (unpaired) electrons. The molecule has 21 heavy (non-hydrogen) atoms. The van der Waals surface area contributed by atoms with Gasteiger partial charge in [-0.1, -0.05) is 63.6 Å². The zero-order chi connectivity index (χ0) is 13.9. The predicted octanol–water partition coefficient (Wildman–Crippen LogP) is 3.92. The van der Waals surface area contributed by atoms with E-state index < -0.39 is 0 Å². The number of benzene rings is 1. The number of ether oxygens (including phenoxy) is 1. The van der Waals surface area contributed by atoms with Crippen molar-refractivity contribution in [2.75, 3.05) is 6.61 Å². The Balaban J connectivity index is 0. The van der Waals surface area contributed by atoms with Crippen molar-refractivity contribution in [1.82, 2.24) is 0 Å². The number of phenolic OH excluding ortho intramolecular Hbond substituents is 1. The van der Waals surface area contributed by atoms with Crippen molar-refractivity contribution < 1.29 is 9.84 Å². The number of rotatable bonds is 10. The fourth-order valence-corrected chi connectivity index (χ4v) is 2.40. The second kappa shape index (κ2) is 15.9. The maximum absolute atomic E-state index is 9.90. The second-order valence-electron chi connectivity index (χ2n) is 5.06. The van der Waals surface area contributed by atoms with Gasteiger partial charge in [0.05, 0.1) is 6.10 Å². The summed E-state index contributed by atoms with van der Waals surface area (Å²) in [6, 6.07) is 7.52. The zero-order valence-electron chi connectivity index (χ0n) is 12.4. The van der Waals surface area contributed by atoms with E-state index in [0.717, 1.165) is 12.0 Å². The Labute approximate surface area is 174 Å². The molecule has 0 aliphatic carbocycles. The van der Waals surface area contributed by atoms with E-state index in [1.165, 1.54) is 38.5 Å². The molecule has 0 aliphatic heterocycles. The van der Waals surface area contributed by atoms with Gasteiger partial charge in [0.1, 0.15) is 5.75 Å². The van der Waals surface area contributed by atoms with E-state index in [1.807, 2.05) is 25.1 Å². The van der Waals surface area contributed by atoms with Crippen molar-refractivity contribution in [3.8, 4) is 5.75 Å². The number of unbranched alkanes of at least 4 members (excludes halogenated alkanes) is 5. The first-order valence-electron chi connectivity index (χ1n) is 7.69. The van der Waals surface area contributed by atoms with Crippen molar-refractivity contribution in [3.63, 3.8) is 0 Å². The van der Waals surface area contributed by atoms with Crippen LogP contribution >= 0.6 is 0 Å². The Bertz CT molecular complexity index is 345. The molecule has 0 saturated heterocycles. The fraction of sp³-hybridized carbons (Fsp3) is 0.647. The molecule has 0 bridgehead atoms. The first-order valence-corrected chi connectivity index (χ1v) is 7.69. The molecule has 0 spiro atoms. The van der Waals surface area contributed by atoms with Gasteiger partial charge in [-0.25, -0.2) is 0 Å². The van der Waals surface area contributed by atoms with E-state index in [1.54, 1.807) is 6.07 Å². The molecule has 0 saturated carbocycles. The maximum atomic E-state index is 9.90. The molecule has 0 amide bonds. The van der Waals surface area contributed by atoms with E-state index in [-0.39, 0.29) is 65.2 Å². The van der Waals surface area contributed by atoms with E-state index in [4.69, 9.17) is 4.74 Å². The van der Waals surface area contributed by atoms with Crippen LogP contribution in [0.4, 0.5) is 0 Å². The molecule has 2 nitrogen and oxygen atoms in total. The van der Waals surface area contributed by atoms with Crippen LogP contribution in [-0.4, -0.2) is 70.8 Å². The molecule has 112 valence electrons. The molecular weight excluding hydrogens is 282 g/mol. The van der Waals surface area contributed by atoms with Gasteiger partial charge in [0.25, 0.3) is 0 Å². The molecule has 1 aromatic rings. The topological polar surface area (TPSA) is 29.5 Å². The summed E-state index contributed by atoms with van der Waals surface area (Å²) in [7, 11) is 0. The summed E-state index contributed by atoms with van der Waals surface area (Å²) >= 11 is 0. The first-order chi connectivity index (χ1) is 9.29. The van der Waals surface area contributed by atoms with Crippen LogP contribution in [0.2, 0.25) is 0 Å². The summed E-state index contributed by atoms with van der Waals surface area (Å²) in [5, 5.41) is 9.90. The number of para-hydroxylation sites is 1. The summed E-state index contributed by atoms with van der Waals surface area (Å²) in [6.45, 7) is 4.94. The Morgan fingerprint density at radius 3 is 2.19 bits per heavy atom. The van der Waals surface area contributed by atoms with Crippen molar-refractivity contribution in [3.05, 3.63) is 29.8 Å². The number of phenols is 1. The minimum absolute atomic E-state index is 0. The van der Waals surface area contributed by atoms with E-state index in [0.29, 0.717) is 12.4 Å². The zero-order valence-corrected chi connectivity index (χ0v) is 12.4. The quantitative estimate of drug-likeness (QED) is 0.524. The molecule has 1 N–H and O–H groups in total. The number of aromatic hydroxyl groups is 1. The van der Waals surface area contributed by atoms with Crippen LogP contribution < -0.4 is 0 Å². The molecule has 1 aromatic carbocycles. The average molecular weight is 312 g/mol. The fourth-order valence-electron chi connectivity index (χ4n) is 2.40. The molecular formula is C17H30Na2O2. The normalized spacial score (nSPS) is 11.3. The van der Waals surface area contributed by atoms with E-state index >= 15 is 0 Å². The van der Waals surface area contributed by atoms with Crippen LogP contribution in [0.3, 0.4) is 0 Å². The van der Waals surface area contributed by atoms with Gasteiger partial charge in [-0.15, -0.1) is 0 Å². The van der Waals surface area contributed by atoms with Crippen LogP contribution in [0.25, 0.3) is 0 Å². The summed E-state index contributed by atoms with van der Waals surface area (Å²) < 4.78 is 5.78. The summed E-state index contributed by atoms with van der Waals surface area (Å²) in [5.74, 6) is 0.354. The van der Waals surface area contributed by atoms with E-state index in [9.17, 15) is 5.11 Å². The molecule has 4 heteroatoms. The van der Waals surface area contributed by atoms with Gasteiger partial charge in [-0.2, -0.15) is 0 Å². The number of hydrogen-bond donors (Lipinski definition) is 1. The van der Waals surface area contributed by atoms with Crippen molar-refractivity contribution in [1.29, 1.82) is 0 Å². The minimum atomic E-state index is 0. The van der Waals surface area contributed by atoms with Crippen LogP contribution in [0, 0.1) is 0 Å². The molecule has 1 rings (SSSR count). The third-order valence-corrected chi connectivity index (χ3v) is 3.47. The molecule has 0 heterocycles. The molecule has 1 unspecified atom stereocenters. The third kappa shape index (κ3) is 10.4. The van der Waals surface area contributed by atoms with Gasteiger partial charge in [0.15, 0.2) is 0 Å². The summed E-state index contributed by atoms with van der Waals surface area (Å²) in [6.07, 6.45) is 8.75. The van der Waals surface area contributed by atoms with Gasteiger partial charge in [-0.3, -0.25) is 0 Å². The Morgan fingerprint density at radius 1 is 0.952 bits per heavy atom. The molecule has 0 aromatic heterocycles. The van der Waals surface area contributed by atoms with Crippen molar-refractivity contribution in [2.24, 2.45) is 0 Å². The van der Waals surface area contributed by atoms with E-state index in [2.05, 4.69) is 6.92 Å². The van der Waals surface area contributed by atoms with Crippen molar-refractivity contribution in [2.45, 2.75) is 64.9 Å². The van der Waals surface area contributed by atoms with Crippen LogP contribution in [0.1, 0.15) is 70.5 Å². The molecule has 1 atom stereocenters. The van der Waals surface area contributed by atoms with Crippen LogP contribution in [0.5, 0.6) is 5.75 Å². The van der Waals surface area contributed by atoms with Crippen molar-refractivity contribution >= 4 is 59.1 Å². The SMILES string of the molecule is CCCCCCCCC(OCC)c1ccccc1O.[NaH].[NaH]. The Hall–Kier alpha value is 0.980. The monoisotopic (exact) mass is 312 g/mol. The second-order valence-corrected chi connectivity index (χ2v) is 5.06. The standard InChI is InChI=1S/C17H28O2.2Na.2H/c1-3-5-6-7-8-9-14-17(19-4-2)15-12-10-11-13-16(15)18;;;;/h10-13,17-18H,3-9,14H2,1-2H3;;;;. The number of hydrogen-bond acceptors (Lipinski definition) is 2. The van der Waals surface area contributed by atoms with Gasteiger partial charge in [0.2, 0.25) is 0 Å². The average Bonchev–Trinajstić information content (AvgIpc) is 2.42. The third-order valence-electron chi connectivity index (χ3n) is 3.47. The van der Waals surface area contributed by atoms with Crippen LogP contribution in [0.15, 0.2) is 24.3 Å². The summed E-state index contributed by atoms with van der Waals surface area (Å²) in [5.41, 5.74) is 0.929. The Kier molecular flexibility index (Phi) is 18.3.